The fourth-order valence-electron chi connectivity index (χ4n) is 3.05. The Morgan fingerprint density at radius 2 is 2.14 bits per heavy atom. The molecule has 0 saturated carbocycles. The summed E-state index contributed by atoms with van der Waals surface area (Å²) in [6.45, 7) is 9.26. The smallest absolute Gasteiger partial charge is 0.270 e. The molecule has 1 saturated heterocycles. The van der Waals surface area contributed by atoms with Crippen LogP contribution in [0.3, 0.4) is 0 Å². The normalized spacial score (nSPS) is 20.9. The first-order valence-electron chi connectivity index (χ1n) is 7.81. The summed E-state index contributed by atoms with van der Waals surface area (Å²) in [5.41, 5.74) is 0.792. The van der Waals surface area contributed by atoms with E-state index < -0.39 is 0 Å². The molecule has 1 fully saturated rings. The van der Waals surface area contributed by atoms with Crippen molar-refractivity contribution >= 4 is 21.8 Å². The Bertz CT molecular complexity index is 498. The van der Waals surface area contributed by atoms with Gasteiger partial charge in [-0.25, -0.2) is 0 Å². The first kappa shape index (κ1) is 16.6. The number of hydrogen-bond acceptors (Lipinski definition) is 2. The molecular weight excluding hydrogens is 330 g/mol. The summed E-state index contributed by atoms with van der Waals surface area (Å²) in [4.78, 5) is 17.4. The summed E-state index contributed by atoms with van der Waals surface area (Å²) < 4.78 is 3.04. The zero-order valence-electron chi connectivity index (χ0n) is 13.5. The summed E-state index contributed by atoms with van der Waals surface area (Å²) in [5.74, 6) is 0.163. The van der Waals surface area contributed by atoms with Crippen LogP contribution in [0, 0.1) is 0 Å². The topological polar surface area (TPSA) is 28.5 Å². The van der Waals surface area contributed by atoms with Crippen molar-refractivity contribution in [2.45, 2.75) is 45.7 Å². The van der Waals surface area contributed by atoms with Crippen molar-refractivity contribution in [2.75, 3.05) is 26.7 Å². The highest BCUT2D eigenvalue weighted by atomic mass is 79.9. The van der Waals surface area contributed by atoms with Gasteiger partial charge in [0.05, 0.1) is 0 Å². The lowest BCUT2D eigenvalue weighted by molar-refractivity contribution is 0.0663. The maximum Gasteiger partial charge on any atom is 0.270 e. The number of carbonyl (C=O) groups excluding carboxylic acids is 1. The molecule has 1 unspecified atom stereocenters. The van der Waals surface area contributed by atoms with Crippen LogP contribution < -0.4 is 0 Å². The molecule has 118 valence electrons. The van der Waals surface area contributed by atoms with Gasteiger partial charge in [-0.2, -0.15) is 0 Å². The van der Waals surface area contributed by atoms with Crippen LogP contribution in [0.4, 0.5) is 0 Å². The van der Waals surface area contributed by atoms with Gasteiger partial charge in [-0.3, -0.25) is 4.79 Å². The standard InChI is InChI=1S/C16H26BrN3O/c1-5-14-11-18(4)7-6-8-19(14)16(21)15-9-13(17)10-20(15)12(2)3/h9-10,12,14H,5-8,11H2,1-4H3. The van der Waals surface area contributed by atoms with E-state index in [-0.39, 0.29) is 11.9 Å². The lowest BCUT2D eigenvalue weighted by Gasteiger charge is -2.31. The van der Waals surface area contributed by atoms with Crippen molar-refractivity contribution in [1.29, 1.82) is 0 Å². The van der Waals surface area contributed by atoms with E-state index in [0.717, 1.165) is 42.6 Å². The molecular formula is C16H26BrN3O. The monoisotopic (exact) mass is 355 g/mol. The van der Waals surface area contributed by atoms with Crippen molar-refractivity contribution in [3.05, 3.63) is 22.4 Å². The first-order valence-corrected chi connectivity index (χ1v) is 8.60. The molecule has 0 bridgehead atoms. The minimum Gasteiger partial charge on any atom is -0.340 e. The molecule has 4 nitrogen and oxygen atoms in total. The largest absolute Gasteiger partial charge is 0.340 e. The Labute approximate surface area is 136 Å². The van der Waals surface area contributed by atoms with Gasteiger partial charge in [-0.05, 0) is 62.3 Å². The molecule has 1 atom stereocenters. The van der Waals surface area contributed by atoms with E-state index in [0.29, 0.717) is 6.04 Å². The van der Waals surface area contributed by atoms with E-state index in [1.807, 2.05) is 12.3 Å². The highest BCUT2D eigenvalue weighted by Gasteiger charge is 2.29. The summed E-state index contributed by atoms with van der Waals surface area (Å²) in [7, 11) is 2.14. The van der Waals surface area contributed by atoms with Gasteiger partial charge in [0, 0.05) is 35.8 Å². The average molecular weight is 356 g/mol. The van der Waals surface area contributed by atoms with Crippen LogP contribution in [0.1, 0.15) is 50.1 Å². The number of carbonyl (C=O) groups is 1. The van der Waals surface area contributed by atoms with Gasteiger partial charge in [-0.1, -0.05) is 6.92 Å². The van der Waals surface area contributed by atoms with Crippen LogP contribution in [0.5, 0.6) is 0 Å². The van der Waals surface area contributed by atoms with E-state index in [2.05, 4.69) is 58.1 Å². The van der Waals surface area contributed by atoms with Crippen LogP contribution in [-0.2, 0) is 0 Å². The zero-order valence-corrected chi connectivity index (χ0v) is 15.1. The van der Waals surface area contributed by atoms with Crippen molar-refractivity contribution in [3.8, 4) is 0 Å². The summed E-state index contributed by atoms with van der Waals surface area (Å²) >= 11 is 3.50. The fraction of sp³-hybridized carbons (Fsp3) is 0.688. The molecule has 2 rings (SSSR count). The van der Waals surface area contributed by atoms with Gasteiger partial charge < -0.3 is 14.4 Å². The molecule has 2 heterocycles. The molecule has 0 aromatic carbocycles. The molecule has 21 heavy (non-hydrogen) atoms. The molecule has 0 radical (unpaired) electrons. The predicted octanol–water partition coefficient (Wildman–Crippen LogP) is 3.39. The van der Waals surface area contributed by atoms with Gasteiger partial charge >= 0.3 is 0 Å². The van der Waals surface area contributed by atoms with Gasteiger partial charge in [0.15, 0.2) is 0 Å². The molecule has 0 spiro atoms. The van der Waals surface area contributed by atoms with Crippen molar-refractivity contribution in [3.63, 3.8) is 0 Å². The van der Waals surface area contributed by atoms with Crippen LogP contribution in [0.15, 0.2) is 16.7 Å². The second-order valence-corrected chi connectivity index (χ2v) is 7.14. The number of likely N-dealkylation sites (N-methyl/N-ethyl adjacent to an activating group) is 1. The summed E-state index contributed by atoms with van der Waals surface area (Å²) in [5, 5.41) is 0. The summed E-state index contributed by atoms with van der Waals surface area (Å²) in [6.07, 6.45) is 4.05. The molecule has 1 amide bonds. The summed E-state index contributed by atoms with van der Waals surface area (Å²) in [6, 6.07) is 2.54. The van der Waals surface area contributed by atoms with Gasteiger partial charge in [0.2, 0.25) is 0 Å². The molecule has 0 N–H and O–H groups in total. The Kier molecular flexibility index (Phi) is 5.49. The van der Waals surface area contributed by atoms with Crippen molar-refractivity contribution < 1.29 is 4.79 Å². The maximum atomic E-state index is 13.0. The van der Waals surface area contributed by atoms with E-state index in [4.69, 9.17) is 0 Å². The quantitative estimate of drug-likeness (QED) is 0.831. The SMILES string of the molecule is CCC1CN(C)CCCN1C(=O)c1cc(Br)cn1C(C)C. The fourth-order valence-corrected chi connectivity index (χ4v) is 3.49. The van der Waals surface area contributed by atoms with Crippen LogP contribution in [-0.4, -0.2) is 53.0 Å². The van der Waals surface area contributed by atoms with E-state index >= 15 is 0 Å². The first-order chi connectivity index (χ1) is 9.93. The van der Waals surface area contributed by atoms with Gasteiger partial charge in [0.1, 0.15) is 5.69 Å². The Balaban J connectivity index is 2.29. The average Bonchev–Trinajstić information content (AvgIpc) is 2.72. The third kappa shape index (κ3) is 3.69. The molecule has 1 aromatic rings. The second kappa shape index (κ2) is 6.97. The highest BCUT2D eigenvalue weighted by Crippen LogP contribution is 2.23. The predicted molar refractivity (Wildman–Crippen MR) is 89.7 cm³/mol. The van der Waals surface area contributed by atoms with Crippen LogP contribution in [0.25, 0.3) is 0 Å². The van der Waals surface area contributed by atoms with E-state index in [1.54, 1.807) is 0 Å². The number of amides is 1. The third-order valence-electron chi connectivity index (χ3n) is 4.22. The van der Waals surface area contributed by atoms with E-state index in [1.165, 1.54) is 0 Å². The Hall–Kier alpha value is -0.810. The highest BCUT2D eigenvalue weighted by molar-refractivity contribution is 9.10. The Morgan fingerprint density at radius 3 is 2.76 bits per heavy atom. The van der Waals surface area contributed by atoms with Crippen LogP contribution >= 0.6 is 15.9 Å². The van der Waals surface area contributed by atoms with E-state index in [9.17, 15) is 4.79 Å². The molecule has 1 aliphatic rings. The number of rotatable bonds is 3. The number of halogens is 1. The maximum absolute atomic E-state index is 13.0. The molecule has 1 aliphatic heterocycles. The Morgan fingerprint density at radius 1 is 1.43 bits per heavy atom. The lowest BCUT2D eigenvalue weighted by Crippen LogP contribution is -2.44. The van der Waals surface area contributed by atoms with Crippen LogP contribution in [0.2, 0.25) is 0 Å². The number of aromatic nitrogens is 1. The van der Waals surface area contributed by atoms with Crippen molar-refractivity contribution in [2.24, 2.45) is 0 Å². The van der Waals surface area contributed by atoms with Crippen molar-refractivity contribution in [1.82, 2.24) is 14.4 Å². The zero-order chi connectivity index (χ0) is 15.6. The molecule has 1 aromatic heterocycles. The van der Waals surface area contributed by atoms with Gasteiger partial charge in [-0.15, -0.1) is 0 Å². The lowest BCUT2D eigenvalue weighted by atomic mass is 10.1. The molecule has 5 heteroatoms. The minimum absolute atomic E-state index is 0.163. The second-order valence-electron chi connectivity index (χ2n) is 6.22. The minimum atomic E-state index is 0.163. The molecule has 0 aliphatic carbocycles. The van der Waals surface area contributed by atoms with Gasteiger partial charge in [0.25, 0.3) is 5.91 Å². The number of nitrogens with zero attached hydrogens (tertiary/aromatic N) is 3. The third-order valence-corrected chi connectivity index (χ3v) is 4.66. The number of hydrogen-bond donors (Lipinski definition) is 0.